The maximum Gasteiger partial charge on any atom is 0.258 e. The van der Waals surface area contributed by atoms with Crippen molar-refractivity contribution in [3.05, 3.63) is 82.6 Å². The third-order valence-electron chi connectivity index (χ3n) is 7.35. The van der Waals surface area contributed by atoms with E-state index >= 15 is 0 Å². The third kappa shape index (κ3) is 5.78. The second-order valence-corrected chi connectivity index (χ2v) is 10.2. The molecule has 3 heterocycles. The molecule has 7 nitrogen and oxygen atoms in total. The maximum absolute atomic E-state index is 12.7. The smallest absolute Gasteiger partial charge is 0.258 e. The van der Waals surface area contributed by atoms with Crippen molar-refractivity contribution in [3.63, 3.8) is 0 Å². The fourth-order valence-corrected chi connectivity index (χ4v) is 5.48. The molecule has 0 bridgehead atoms. The number of benzene rings is 2. The molecule has 8 heteroatoms. The van der Waals surface area contributed by atoms with Gasteiger partial charge in [-0.25, -0.2) is 0 Å². The Kier molecular flexibility index (Phi) is 7.72. The predicted octanol–water partition coefficient (Wildman–Crippen LogP) is 4.38. The van der Waals surface area contributed by atoms with Gasteiger partial charge in [0.05, 0.1) is 0 Å². The Morgan fingerprint density at radius 2 is 1.97 bits per heavy atom. The molecule has 1 unspecified atom stereocenters. The molecule has 1 aromatic heterocycles. The average Bonchev–Trinajstić information content (AvgIpc) is 3.48. The third-order valence-corrected chi connectivity index (χ3v) is 7.59. The number of piperidine rings is 1. The van der Waals surface area contributed by atoms with Crippen LogP contribution < -0.4 is 11.6 Å². The highest BCUT2D eigenvalue weighted by molar-refractivity contribution is 6.31. The van der Waals surface area contributed by atoms with Crippen molar-refractivity contribution in [3.8, 4) is 11.1 Å². The molecule has 2 saturated heterocycles. The number of hydrazine groups is 1. The summed E-state index contributed by atoms with van der Waals surface area (Å²) in [6.07, 6.45) is 7.48. The van der Waals surface area contributed by atoms with E-state index in [0.29, 0.717) is 17.5 Å². The van der Waals surface area contributed by atoms with Crippen molar-refractivity contribution in [2.75, 3.05) is 19.7 Å². The van der Waals surface area contributed by atoms with Crippen LogP contribution >= 0.6 is 11.6 Å². The van der Waals surface area contributed by atoms with Gasteiger partial charge in [-0.15, -0.1) is 4.68 Å². The molecular formula is C29H33ClN5O2+. The maximum atomic E-state index is 12.7. The van der Waals surface area contributed by atoms with Crippen LogP contribution in [-0.4, -0.2) is 52.6 Å². The molecule has 3 aromatic rings. The summed E-state index contributed by atoms with van der Waals surface area (Å²) in [4.78, 5) is 19.4. The zero-order chi connectivity index (χ0) is 25.8. The Morgan fingerprint density at radius 1 is 1.14 bits per heavy atom. The number of amides is 1. The van der Waals surface area contributed by atoms with Crippen LogP contribution in [0.4, 0.5) is 5.69 Å². The van der Waals surface area contributed by atoms with Crippen LogP contribution in [0.15, 0.2) is 60.8 Å². The first-order chi connectivity index (χ1) is 18.0. The van der Waals surface area contributed by atoms with Gasteiger partial charge in [0.2, 0.25) is 0 Å². The van der Waals surface area contributed by atoms with Gasteiger partial charge in [-0.2, -0.15) is 0 Å². The molecule has 0 spiro atoms. The van der Waals surface area contributed by atoms with Crippen LogP contribution in [0, 0.1) is 0 Å². The van der Waals surface area contributed by atoms with Gasteiger partial charge in [-0.05, 0) is 67.0 Å². The van der Waals surface area contributed by atoms with Crippen molar-refractivity contribution < 1.29 is 14.2 Å². The first-order valence-electron chi connectivity index (χ1n) is 12.8. The lowest BCUT2D eigenvalue weighted by atomic mass is 9.88. The minimum atomic E-state index is -0.225. The van der Waals surface area contributed by atoms with E-state index in [-0.39, 0.29) is 12.0 Å². The number of rotatable bonds is 6. The van der Waals surface area contributed by atoms with Gasteiger partial charge in [-0.1, -0.05) is 41.9 Å². The molecule has 0 aliphatic carbocycles. The van der Waals surface area contributed by atoms with E-state index < -0.39 is 0 Å². The highest BCUT2D eigenvalue weighted by atomic mass is 35.5. The number of hydrogen-bond donors (Lipinski definition) is 2. The van der Waals surface area contributed by atoms with Gasteiger partial charge in [0.1, 0.15) is 6.10 Å². The normalized spacial score (nSPS) is 18.8. The highest BCUT2D eigenvalue weighted by Crippen LogP contribution is 2.32. The summed E-state index contributed by atoms with van der Waals surface area (Å²) in [5.41, 5.74) is 11.7. The largest absolute Gasteiger partial charge is 0.368 e. The van der Waals surface area contributed by atoms with Gasteiger partial charge in [0, 0.05) is 54.2 Å². The summed E-state index contributed by atoms with van der Waals surface area (Å²) in [6, 6.07) is 18.3. The predicted molar refractivity (Wildman–Crippen MR) is 146 cm³/mol. The van der Waals surface area contributed by atoms with E-state index in [4.69, 9.17) is 32.9 Å². The Bertz CT molecular complexity index is 1280. The zero-order valence-corrected chi connectivity index (χ0v) is 21.6. The lowest BCUT2D eigenvalue weighted by Gasteiger charge is -2.33. The molecule has 0 saturated carbocycles. The number of pyridine rings is 1. The molecule has 4 N–H and O–H groups in total. The van der Waals surface area contributed by atoms with Gasteiger partial charge in [-0.3, -0.25) is 21.4 Å². The summed E-state index contributed by atoms with van der Waals surface area (Å²) in [5, 5.41) is 0.618. The summed E-state index contributed by atoms with van der Waals surface area (Å²) in [6.45, 7) is 2.30. The summed E-state index contributed by atoms with van der Waals surface area (Å²) in [7, 11) is 0. The van der Waals surface area contributed by atoms with Crippen LogP contribution in [-0.2, 0) is 16.0 Å². The van der Waals surface area contributed by atoms with Crippen molar-refractivity contribution in [2.24, 2.45) is 11.6 Å². The number of ether oxygens (including phenoxy) is 1. The number of carbonyl (C=O) groups excluding carboxylic acids is 1. The quantitative estimate of drug-likeness (QED) is 0.166. The van der Waals surface area contributed by atoms with Gasteiger partial charge < -0.3 is 9.64 Å². The monoisotopic (exact) mass is 518 g/mol. The Balaban J connectivity index is 1.24. The molecule has 2 fully saturated rings. The Morgan fingerprint density at radius 3 is 2.68 bits per heavy atom. The molecule has 2 aliphatic heterocycles. The van der Waals surface area contributed by atoms with Gasteiger partial charge in [0.25, 0.3) is 12.2 Å². The van der Waals surface area contributed by atoms with E-state index in [9.17, 15) is 4.79 Å². The van der Waals surface area contributed by atoms with Crippen LogP contribution in [0.25, 0.3) is 11.1 Å². The summed E-state index contributed by atoms with van der Waals surface area (Å²) >= 11 is 6.24. The number of hydrazone groups is 1. The summed E-state index contributed by atoms with van der Waals surface area (Å²) < 4.78 is 6.96. The van der Waals surface area contributed by atoms with Crippen molar-refractivity contribution >= 4 is 29.5 Å². The van der Waals surface area contributed by atoms with Crippen molar-refractivity contribution in [1.82, 2.24) is 9.88 Å². The fraction of sp³-hybridized carbons (Fsp3) is 0.345. The van der Waals surface area contributed by atoms with E-state index in [0.717, 1.165) is 67.7 Å². The Labute approximate surface area is 222 Å². The van der Waals surface area contributed by atoms with E-state index in [1.807, 2.05) is 35.4 Å². The number of halogens is 1. The van der Waals surface area contributed by atoms with Crippen LogP contribution in [0.5, 0.6) is 0 Å². The van der Waals surface area contributed by atoms with Gasteiger partial charge >= 0.3 is 0 Å². The molecule has 1 amide bonds. The topological polar surface area (TPSA) is 97.5 Å². The van der Waals surface area contributed by atoms with Crippen LogP contribution in [0.1, 0.15) is 48.4 Å². The minimum Gasteiger partial charge on any atom is -0.368 e. The summed E-state index contributed by atoms with van der Waals surface area (Å²) in [5.74, 6) is 6.64. The molecule has 192 valence electrons. The molecule has 2 aromatic carbocycles. The number of aromatic nitrogens is 1. The Hall–Kier alpha value is -3.42. The highest BCUT2D eigenvalue weighted by Gasteiger charge is 2.31. The second kappa shape index (κ2) is 11.3. The number of carbonyl (C=O) groups is 1. The number of nitrogens with two attached hydrogens (primary N) is 2. The molecule has 2 aliphatic rings. The van der Waals surface area contributed by atoms with Crippen LogP contribution in [0.2, 0.25) is 5.02 Å². The molecule has 37 heavy (non-hydrogen) atoms. The first-order valence-corrected chi connectivity index (χ1v) is 13.2. The van der Waals surface area contributed by atoms with Crippen molar-refractivity contribution in [1.29, 1.82) is 0 Å². The standard InChI is InChI=1S/C29H32ClN5O2/c30-24-7-9-27(35(32)19-31)26(17-24)23-6-8-25(33-18-23)16-20-3-1-4-22(15-20)21-10-12-34(13-11-21)29(36)28-5-2-14-37-28/h1,3-4,6-9,15,17-19,21,28,31H,2,5,10-14,16,32H2/p+1. The second-order valence-electron chi connectivity index (χ2n) is 9.78. The SMILES string of the molecule is N/C=[N+](\N)c1ccc(Cl)cc1-c1ccc(Cc2cccc(C3CCN(C(=O)C4CCCO4)CC3)c2)nc1. The van der Waals surface area contributed by atoms with Crippen LogP contribution in [0.3, 0.4) is 0 Å². The fourth-order valence-electron chi connectivity index (χ4n) is 5.31. The lowest BCUT2D eigenvalue weighted by Crippen LogP contribution is -2.43. The number of nitrogens with zero attached hydrogens (tertiary/aromatic N) is 3. The number of likely N-dealkylation sites (tertiary alicyclic amines) is 1. The van der Waals surface area contributed by atoms with E-state index in [1.54, 1.807) is 6.07 Å². The minimum absolute atomic E-state index is 0.171. The van der Waals surface area contributed by atoms with E-state index in [2.05, 4.69) is 24.3 Å². The lowest BCUT2D eigenvalue weighted by molar-refractivity contribution is -0.447. The zero-order valence-electron chi connectivity index (χ0n) is 20.9. The molecule has 0 radical (unpaired) electrons. The van der Waals surface area contributed by atoms with Gasteiger partial charge in [0.15, 0.2) is 5.69 Å². The number of hydrogen-bond acceptors (Lipinski definition) is 4. The van der Waals surface area contributed by atoms with Crippen molar-refractivity contribution in [2.45, 2.75) is 44.1 Å². The molecular weight excluding hydrogens is 486 g/mol. The molecule has 1 atom stereocenters. The average molecular weight is 519 g/mol. The molecule has 5 rings (SSSR count). The van der Waals surface area contributed by atoms with E-state index in [1.165, 1.54) is 22.1 Å². The first kappa shape index (κ1) is 25.2.